The molecular formula is C26H23ClN4O5S2. The van der Waals surface area contributed by atoms with Gasteiger partial charge in [0.2, 0.25) is 5.91 Å². The van der Waals surface area contributed by atoms with Crippen LogP contribution in [-0.4, -0.2) is 34.3 Å². The zero-order valence-corrected chi connectivity index (χ0v) is 22.5. The van der Waals surface area contributed by atoms with Crippen molar-refractivity contribution in [2.45, 2.75) is 16.7 Å². The number of hydrogen-bond acceptors (Lipinski definition) is 6. The second-order valence-corrected chi connectivity index (χ2v) is 12.2. The van der Waals surface area contributed by atoms with Crippen molar-refractivity contribution in [3.63, 3.8) is 0 Å². The summed E-state index contributed by atoms with van der Waals surface area (Å²) in [5.74, 6) is -0.622. The second kappa shape index (κ2) is 11.2. The SMILES string of the molecule is Cc1cc(Cl)ccc1N(CC(=O)Nc1ccc(S(=O)(=O)Nc2cccnc2)cc1)S(=O)(=O)c1ccccc1. The first-order chi connectivity index (χ1) is 18.1. The van der Waals surface area contributed by atoms with Gasteiger partial charge in [-0.05, 0) is 79.2 Å². The Labute approximate surface area is 226 Å². The number of rotatable bonds is 9. The molecule has 0 fully saturated rings. The molecule has 196 valence electrons. The molecule has 9 nitrogen and oxygen atoms in total. The molecule has 38 heavy (non-hydrogen) atoms. The molecule has 12 heteroatoms. The van der Waals surface area contributed by atoms with E-state index in [1.54, 1.807) is 55.5 Å². The van der Waals surface area contributed by atoms with Crippen LogP contribution in [-0.2, 0) is 24.8 Å². The van der Waals surface area contributed by atoms with E-state index >= 15 is 0 Å². The minimum atomic E-state index is -4.10. The predicted molar refractivity (Wildman–Crippen MR) is 147 cm³/mol. The molecule has 3 aromatic carbocycles. The highest BCUT2D eigenvalue weighted by molar-refractivity contribution is 7.93. The van der Waals surface area contributed by atoms with Gasteiger partial charge in [-0.25, -0.2) is 16.8 Å². The van der Waals surface area contributed by atoms with E-state index in [0.29, 0.717) is 27.6 Å². The molecule has 1 heterocycles. The van der Waals surface area contributed by atoms with Crippen molar-refractivity contribution in [3.05, 3.63) is 108 Å². The van der Waals surface area contributed by atoms with Crippen molar-refractivity contribution < 1.29 is 21.6 Å². The molecule has 1 amide bonds. The van der Waals surface area contributed by atoms with Crippen LogP contribution in [0.5, 0.6) is 0 Å². The van der Waals surface area contributed by atoms with Crippen molar-refractivity contribution in [2.75, 3.05) is 20.9 Å². The minimum Gasteiger partial charge on any atom is -0.325 e. The smallest absolute Gasteiger partial charge is 0.264 e. The van der Waals surface area contributed by atoms with Crippen LogP contribution in [0.4, 0.5) is 17.1 Å². The van der Waals surface area contributed by atoms with Crippen LogP contribution in [0, 0.1) is 6.92 Å². The number of carbonyl (C=O) groups excluding carboxylic acids is 1. The van der Waals surface area contributed by atoms with E-state index in [0.717, 1.165) is 4.31 Å². The van der Waals surface area contributed by atoms with Gasteiger partial charge < -0.3 is 5.32 Å². The first kappa shape index (κ1) is 27.1. The van der Waals surface area contributed by atoms with E-state index in [9.17, 15) is 21.6 Å². The van der Waals surface area contributed by atoms with Crippen LogP contribution in [0.1, 0.15) is 5.56 Å². The summed E-state index contributed by atoms with van der Waals surface area (Å²) in [6, 6.07) is 21.1. The summed E-state index contributed by atoms with van der Waals surface area (Å²) in [5, 5.41) is 3.06. The van der Waals surface area contributed by atoms with Gasteiger partial charge in [0.1, 0.15) is 6.54 Å². The lowest BCUT2D eigenvalue weighted by Gasteiger charge is -2.25. The number of amides is 1. The fraction of sp³-hybridized carbons (Fsp3) is 0.0769. The number of nitrogens with zero attached hydrogens (tertiary/aromatic N) is 2. The van der Waals surface area contributed by atoms with Crippen molar-refractivity contribution in [1.82, 2.24) is 4.98 Å². The summed E-state index contributed by atoms with van der Waals surface area (Å²) < 4.78 is 55.7. The minimum absolute atomic E-state index is 0.0237. The van der Waals surface area contributed by atoms with Crippen LogP contribution in [0.25, 0.3) is 0 Å². The Bertz CT molecular complexity index is 1650. The molecule has 0 aliphatic carbocycles. The molecule has 4 rings (SSSR count). The van der Waals surface area contributed by atoms with Crippen LogP contribution < -0.4 is 14.3 Å². The number of benzene rings is 3. The third kappa shape index (κ3) is 6.31. The van der Waals surface area contributed by atoms with Crippen molar-refractivity contribution in [3.8, 4) is 0 Å². The molecule has 0 aliphatic heterocycles. The number of aryl methyl sites for hydroxylation is 1. The summed E-state index contributed by atoms with van der Waals surface area (Å²) in [6.07, 6.45) is 2.90. The highest BCUT2D eigenvalue weighted by atomic mass is 35.5. The predicted octanol–water partition coefficient (Wildman–Crippen LogP) is 4.68. The molecular weight excluding hydrogens is 548 g/mol. The van der Waals surface area contributed by atoms with Crippen LogP contribution >= 0.6 is 11.6 Å². The second-order valence-electron chi connectivity index (χ2n) is 8.18. The average Bonchev–Trinajstić information content (AvgIpc) is 2.89. The Balaban J connectivity index is 1.55. The molecule has 0 unspecified atom stereocenters. The summed E-state index contributed by atoms with van der Waals surface area (Å²) in [4.78, 5) is 16.9. The van der Waals surface area contributed by atoms with Crippen LogP contribution in [0.2, 0.25) is 5.02 Å². The van der Waals surface area contributed by atoms with Gasteiger partial charge >= 0.3 is 0 Å². The maximum Gasteiger partial charge on any atom is 0.264 e. The number of anilines is 3. The largest absolute Gasteiger partial charge is 0.325 e. The number of carbonyl (C=O) groups is 1. The van der Waals surface area contributed by atoms with Crippen LogP contribution in [0.15, 0.2) is 107 Å². The number of nitrogens with one attached hydrogen (secondary N) is 2. The summed E-state index contributed by atoms with van der Waals surface area (Å²) in [6.45, 7) is 1.17. The maximum absolute atomic E-state index is 13.5. The highest BCUT2D eigenvalue weighted by Gasteiger charge is 2.28. The summed E-state index contributed by atoms with van der Waals surface area (Å²) in [5.41, 5.74) is 1.47. The molecule has 0 saturated heterocycles. The van der Waals surface area contributed by atoms with E-state index in [2.05, 4.69) is 15.0 Å². The Morgan fingerprint density at radius 3 is 2.21 bits per heavy atom. The molecule has 0 atom stereocenters. The van der Waals surface area contributed by atoms with Crippen molar-refractivity contribution >= 4 is 54.6 Å². The number of halogens is 1. The van der Waals surface area contributed by atoms with Crippen LogP contribution in [0.3, 0.4) is 0 Å². The monoisotopic (exact) mass is 570 g/mol. The topological polar surface area (TPSA) is 126 Å². The van der Waals surface area contributed by atoms with Gasteiger partial charge in [-0.15, -0.1) is 0 Å². The zero-order chi connectivity index (χ0) is 27.3. The van der Waals surface area contributed by atoms with Gasteiger partial charge in [-0.1, -0.05) is 29.8 Å². The Morgan fingerprint density at radius 1 is 0.868 bits per heavy atom. The van der Waals surface area contributed by atoms with Gasteiger partial charge in [-0.3, -0.25) is 18.8 Å². The van der Waals surface area contributed by atoms with E-state index in [-0.39, 0.29) is 9.79 Å². The molecule has 4 aromatic rings. The van der Waals surface area contributed by atoms with E-state index in [1.807, 2.05) is 0 Å². The van der Waals surface area contributed by atoms with E-state index in [4.69, 9.17) is 11.6 Å². The molecule has 2 N–H and O–H groups in total. The maximum atomic E-state index is 13.5. The molecule has 0 radical (unpaired) electrons. The third-order valence-corrected chi connectivity index (χ3v) is 8.81. The molecule has 0 bridgehead atoms. The fourth-order valence-corrected chi connectivity index (χ4v) is 6.38. The van der Waals surface area contributed by atoms with Crippen molar-refractivity contribution in [1.29, 1.82) is 0 Å². The third-order valence-electron chi connectivity index (χ3n) is 5.41. The Kier molecular flexibility index (Phi) is 8.00. The van der Waals surface area contributed by atoms with Gasteiger partial charge in [-0.2, -0.15) is 0 Å². The number of sulfonamides is 2. The molecule has 1 aromatic heterocycles. The normalized spacial score (nSPS) is 11.5. The highest BCUT2D eigenvalue weighted by Crippen LogP contribution is 2.29. The number of hydrogen-bond donors (Lipinski definition) is 2. The number of pyridine rings is 1. The van der Waals surface area contributed by atoms with Crippen molar-refractivity contribution in [2.24, 2.45) is 0 Å². The van der Waals surface area contributed by atoms with E-state index < -0.39 is 32.5 Å². The molecule has 0 aliphatic rings. The molecule has 0 spiro atoms. The standard InChI is InChI=1S/C26H23ClN4O5S2/c1-19-16-20(27)9-14-25(19)31(38(35,36)24-7-3-2-4-8-24)18-26(32)29-21-10-12-23(13-11-21)37(33,34)30-22-6-5-15-28-17-22/h2-17,30H,18H2,1H3,(H,29,32). The van der Waals surface area contributed by atoms with Gasteiger partial charge in [0.25, 0.3) is 20.0 Å². The Hall–Kier alpha value is -3.93. The van der Waals surface area contributed by atoms with Gasteiger partial charge in [0, 0.05) is 16.9 Å². The summed E-state index contributed by atoms with van der Waals surface area (Å²) in [7, 11) is -7.97. The lowest BCUT2D eigenvalue weighted by atomic mass is 10.2. The fourth-order valence-electron chi connectivity index (χ4n) is 3.60. The number of aromatic nitrogens is 1. The quantitative estimate of drug-likeness (QED) is 0.301. The lowest BCUT2D eigenvalue weighted by Crippen LogP contribution is -2.38. The Morgan fingerprint density at radius 2 is 1.58 bits per heavy atom. The first-order valence-corrected chi connectivity index (χ1v) is 14.5. The van der Waals surface area contributed by atoms with Gasteiger partial charge in [0.05, 0.1) is 27.4 Å². The van der Waals surface area contributed by atoms with Gasteiger partial charge in [0.15, 0.2) is 0 Å². The first-order valence-electron chi connectivity index (χ1n) is 11.2. The molecule has 0 saturated carbocycles. The summed E-state index contributed by atoms with van der Waals surface area (Å²) >= 11 is 6.06. The van der Waals surface area contributed by atoms with E-state index in [1.165, 1.54) is 48.8 Å². The zero-order valence-electron chi connectivity index (χ0n) is 20.1. The average molecular weight is 571 g/mol. The lowest BCUT2D eigenvalue weighted by molar-refractivity contribution is -0.114.